The molecule has 8 N–H and O–H groups in total. The molecule has 0 aliphatic carbocycles. The first-order chi connectivity index (χ1) is 27.2. The molecule has 56 heavy (non-hydrogen) atoms. The molecule has 0 saturated carbocycles. The molecule has 2 rings (SSSR count). The molecule has 0 aromatic heterocycles. The van der Waals surface area contributed by atoms with E-state index >= 15 is 0 Å². The Hall–Kier alpha value is -1.42. The lowest BCUT2D eigenvalue weighted by Gasteiger charge is -2.40. The third-order valence-electron chi connectivity index (χ3n) is 11.3. The molecule has 2 saturated heterocycles. The third kappa shape index (κ3) is 23.9. The summed E-state index contributed by atoms with van der Waals surface area (Å²) < 4.78 is 16.3. The average Bonchev–Trinajstić information content (AvgIpc) is 4.03. The van der Waals surface area contributed by atoms with Gasteiger partial charge in [-0.05, 0) is 32.1 Å². The summed E-state index contributed by atoms with van der Waals surface area (Å²) in [7, 11) is 0. The van der Waals surface area contributed by atoms with Crippen molar-refractivity contribution in [2.45, 2.75) is 235 Å². The van der Waals surface area contributed by atoms with Crippen molar-refractivity contribution in [3.8, 4) is 0 Å². The van der Waals surface area contributed by atoms with Gasteiger partial charge in [0.2, 0.25) is 11.8 Å². The quantitative estimate of drug-likeness (QED) is 0.0307. The van der Waals surface area contributed by atoms with E-state index in [-0.39, 0.29) is 24.8 Å². The van der Waals surface area contributed by atoms with Crippen molar-refractivity contribution < 1.29 is 54.4 Å². The van der Waals surface area contributed by atoms with Gasteiger partial charge in [-0.15, -0.1) is 0 Å². The minimum Gasteiger partial charge on any atom is -0.394 e. The first-order valence-corrected chi connectivity index (χ1v) is 22.6. The van der Waals surface area contributed by atoms with Crippen LogP contribution in [0, 0.1) is 0 Å². The van der Waals surface area contributed by atoms with Gasteiger partial charge in [0.25, 0.3) is 0 Å². The van der Waals surface area contributed by atoms with Crippen LogP contribution in [0.4, 0.5) is 0 Å². The van der Waals surface area contributed by atoms with Crippen LogP contribution in [0.1, 0.15) is 180 Å². The fraction of sp³-hybridized carbons (Fsp3) is 0.953. The molecule has 9 atom stereocenters. The molecule has 0 radical (unpaired) electrons. The molecular weight excluding hydrogens is 720 g/mol. The normalized spacial score (nSPS) is 23.8. The molecule has 2 amide bonds. The fourth-order valence-corrected chi connectivity index (χ4v) is 7.40. The molecule has 13 nitrogen and oxygen atoms in total. The number of hydrogen-bond donors (Lipinski definition) is 8. The number of carbonyl (C=O) groups excluding carboxylic acids is 2. The lowest BCUT2D eigenvalue weighted by Crippen LogP contribution is -2.60. The molecule has 3 unspecified atom stereocenters. The van der Waals surface area contributed by atoms with Crippen LogP contribution in [0.15, 0.2) is 0 Å². The predicted octanol–water partition coefficient (Wildman–Crippen LogP) is 5.08. The van der Waals surface area contributed by atoms with Crippen molar-refractivity contribution in [3.05, 3.63) is 0 Å². The van der Waals surface area contributed by atoms with E-state index in [9.17, 15) is 40.2 Å². The number of carbonyl (C=O) groups is 2. The minimum absolute atomic E-state index is 0.145. The van der Waals surface area contributed by atoms with Gasteiger partial charge in [-0.1, -0.05) is 135 Å². The lowest BCUT2D eigenvalue weighted by molar-refractivity contribution is -0.303. The Morgan fingerprint density at radius 3 is 1.77 bits per heavy atom. The van der Waals surface area contributed by atoms with Gasteiger partial charge >= 0.3 is 0 Å². The fourth-order valence-electron chi connectivity index (χ4n) is 7.40. The van der Waals surface area contributed by atoms with Gasteiger partial charge in [0.1, 0.15) is 30.5 Å². The van der Waals surface area contributed by atoms with Crippen molar-refractivity contribution in [3.63, 3.8) is 0 Å². The number of nitrogens with one attached hydrogen (secondary N) is 2. The summed E-state index contributed by atoms with van der Waals surface area (Å²) in [4.78, 5) is 24.9. The van der Waals surface area contributed by atoms with Crippen molar-refractivity contribution in [2.24, 2.45) is 0 Å². The van der Waals surface area contributed by atoms with Crippen LogP contribution in [0.25, 0.3) is 0 Å². The lowest BCUT2D eigenvalue weighted by atomic mass is 9.98. The summed E-state index contributed by atoms with van der Waals surface area (Å²) in [5, 5.41) is 68.1. The van der Waals surface area contributed by atoms with E-state index in [0.717, 1.165) is 109 Å². The Kier molecular flexibility index (Phi) is 29.4. The summed E-state index contributed by atoms with van der Waals surface area (Å²) >= 11 is 0. The Morgan fingerprint density at radius 1 is 0.679 bits per heavy atom. The molecule has 0 spiro atoms. The molecule has 2 aliphatic heterocycles. The summed E-state index contributed by atoms with van der Waals surface area (Å²) in [6.07, 6.45) is 18.3. The van der Waals surface area contributed by atoms with Gasteiger partial charge in [0.05, 0.1) is 38.1 Å². The highest BCUT2D eigenvalue weighted by atomic mass is 16.7. The number of rotatable bonds is 37. The van der Waals surface area contributed by atoms with E-state index in [1.54, 1.807) is 0 Å². The summed E-state index contributed by atoms with van der Waals surface area (Å²) in [5.74, 6) is -0.143. The van der Waals surface area contributed by atoms with Crippen LogP contribution in [-0.2, 0) is 23.8 Å². The molecule has 2 fully saturated rings. The topological polar surface area (TPSA) is 211 Å². The van der Waals surface area contributed by atoms with Crippen LogP contribution >= 0.6 is 0 Å². The summed E-state index contributed by atoms with van der Waals surface area (Å²) in [6, 6.07) is -1.01. The van der Waals surface area contributed by atoms with E-state index in [4.69, 9.17) is 14.2 Å². The first kappa shape index (κ1) is 50.7. The number of unbranched alkanes of at least 4 members (excludes halogenated alkanes) is 20. The standard InChI is InChI=1S/C43H82N2O11/c1-2-3-4-5-6-7-8-9-11-14-17-20-26-35(47)39(50)34(32-55-43-42(53)41(52)40(51)36(30-46)56-43)45-38(49)28-21-18-15-12-10-13-16-19-24-29-44-37(48)27-23-22-25-33-31-54-33/h33-36,39-43,46-47,50-53H,2-32H2,1H3,(H,44,48)(H,45,49)/t33?,34-,35+,36?,39-,40-,41-,42?,43-/m0/s1. The zero-order chi connectivity index (χ0) is 40.8. The monoisotopic (exact) mass is 803 g/mol. The largest absolute Gasteiger partial charge is 0.394 e. The molecule has 330 valence electrons. The number of ether oxygens (including phenoxy) is 3. The average molecular weight is 803 g/mol. The van der Waals surface area contributed by atoms with Crippen molar-refractivity contribution in [1.29, 1.82) is 0 Å². The number of epoxide rings is 1. The number of aliphatic hydroxyl groups excluding tert-OH is 6. The molecule has 2 aliphatic rings. The summed E-state index contributed by atoms with van der Waals surface area (Å²) in [5.41, 5.74) is 0. The van der Waals surface area contributed by atoms with Crippen molar-refractivity contribution in [2.75, 3.05) is 26.4 Å². The second kappa shape index (κ2) is 32.4. The SMILES string of the molecule is CCCCCCCCCCCCCC[C@@H](O)[C@@H](O)[C@H](CO[C@H]1OC(CO)[C@H](O)[C@H](O)C1O)NC(=O)CCCCCCCCCCCNC(=O)CCCCC1CO1. The van der Waals surface area contributed by atoms with Crippen LogP contribution in [-0.4, -0.2) is 124 Å². The van der Waals surface area contributed by atoms with Gasteiger partial charge in [-0.3, -0.25) is 9.59 Å². The van der Waals surface area contributed by atoms with E-state index in [1.807, 2.05) is 0 Å². The Bertz CT molecular complexity index is 972. The second-order valence-electron chi connectivity index (χ2n) is 16.4. The van der Waals surface area contributed by atoms with Crippen LogP contribution in [0.5, 0.6) is 0 Å². The number of hydrogen-bond acceptors (Lipinski definition) is 11. The molecule has 0 aromatic rings. The van der Waals surface area contributed by atoms with E-state index < -0.39 is 55.6 Å². The van der Waals surface area contributed by atoms with Crippen LogP contribution in [0.3, 0.4) is 0 Å². The minimum atomic E-state index is -1.62. The Morgan fingerprint density at radius 2 is 1.20 bits per heavy atom. The van der Waals surface area contributed by atoms with Crippen LogP contribution < -0.4 is 10.6 Å². The van der Waals surface area contributed by atoms with Crippen LogP contribution in [0.2, 0.25) is 0 Å². The zero-order valence-electron chi connectivity index (χ0n) is 34.8. The van der Waals surface area contributed by atoms with Gasteiger partial charge in [-0.25, -0.2) is 0 Å². The smallest absolute Gasteiger partial charge is 0.220 e. The molecule has 0 bridgehead atoms. The van der Waals surface area contributed by atoms with Gasteiger partial charge < -0.3 is 55.5 Å². The van der Waals surface area contributed by atoms with E-state index in [2.05, 4.69) is 17.6 Å². The zero-order valence-corrected chi connectivity index (χ0v) is 34.8. The molecule has 2 heterocycles. The van der Waals surface area contributed by atoms with Gasteiger partial charge in [0.15, 0.2) is 6.29 Å². The van der Waals surface area contributed by atoms with Gasteiger partial charge in [-0.2, -0.15) is 0 Å². The number of aliphatic hydroxyl groups is 6. The van der Waals surface area contributed by atoms with E-state index in [0.29, 0.717) is 25.4 Å². The number of amides is 2. The van der Waals surface area contributed by atoms with Crippen molar-refractivity contribution >= 4 is 11.8 Å². The maximum absolute atomic E-state index is 13.0. The Balaban J connectivity index is 1.63. The van der Waals surface area contributed by atoms with Crippen molar-refractivity contribution in [1.82, 2.24) is 10.6 Å². The molecule has 13 heteroatoms. The third-order valence-corrected chi connectivity index (χ3v) is 11.3. The summed E-state index contributed by atoms with van der Waals surface area (Å²) in [6.45, 7) is 2.92. The Labute approximate surface area is 338 Å². The maximum atomic E-state index is 13.0. The highest BCUT2D eigenvalue weighted by Gasteiger charge is 2.44. The molecule has 0 aromatic carbocycles. The first-order valence-electron chi connectivity index (χ1n) is 22.6. The van der Waals surface area contributed by atoms with Gasteiger partial charge in [0, 0.05) is 19.4 Å². The highest BCUT2D eigenvalue weighted by Crippen LogP contribution is 2.23. The molecular formula is C43H82N2O11. The predicted molar refractivity (Wildman–Crippen MR) is 217 cm³/mol. The second-order valence-corrected chi connectivity index (χ2v) is 16.4. The van der Waals surface area contributed by atoms with E-state index in [1.165, 1.54) is 51.4 Å². The highest BCUT2D eigenvalue weighted by molar-refractivity contribution is 5.76. The maximum Gasteiger partial charge on any atom is 0.220 e.